The molecule has 0 aliphatic heterocycles. The Hall–Kier alpha value is -4.05. The highest BCUT2D eigenvalue weighted by Gasteiger charge is 2.26. The predicted octanol–water partition coefficient (Wildman–Crippen LogP) is 3.21. The van der Waals surface area contributed by atoms with Gasteiger partial charge in [0.15, 0.2) is 5.65 Å². The lowest BCUT2D eigenvalue weighted by molar-refractivity contribution is 0.0601. The molecular formula is C22H19N5O4S. The lowest BCUT2D eigenvalue weighted by Crippen LogP contribution is -2.14. The van der Waals surface area contributed by atoms with Crippen molar-refractivity contribution in [3.05, 3.63) is 69.9 Å². The van der Waals surface area contributed by atoms with Crippen molar-refractivity contribution in [2.75, 3.05) is 12.4 Å². The van der Waals surface area contributed by atoms with Gasteiger partial charge in [-0.1, -0.05) is 29.8 Å². The van der Waals surface area contributed by atoms with Crippen molar-refractivity contribution < 1.29 is 19.1 Å². The molecule has 0 aliphatic carbocycles. The first kappa shape index (κ1) is 21.2. The molecule has 4 rings (SSSR count). The van der Waals surface area contributed by atoms with Crippen molar-refractivity contribution in [2.45, 2.75) is 13.8 Å². The van der Waals surface area contributed by atoms with Crippen LogP contribution < -0.4 is 11.1 Å². The molecule has 162 valence electrons. The summed E-state index contributed by atoms with van der Waals surface area (Å²) in [7, 11) is 1.22. The number of ether oxygens (including phenoxy) is 1. The van der Waals surface area contributed by atoms with Crippen LogP contribution in [0.2, 0.25) is 0 Å². The third-order valence-corrected chi connectivity index (χ3v) is 6.20. The second kappa shape index (κ2) is 8.23. The SMILES string of the molecule is COC(=O)c1c(NC(=O)c2cnn3c(-c4ccc(C)cc4)ccnc23)sc(C(N)=O)c1C. The molecule has 4 aromatic rings. The minimum atomic E-state index is -0.696. The van der Waals surface area contributed by atoms with E-state index in [4.69, 9.17) is 10.5 Å². The molecule has 3 heterocycles. The molecule has 0 saturated heterocycles. The van der Waals surface area contributed by atoms with Crippen LogP contribution in [0.5, 0.6) is 0 Å². The third-order valence-electron chi connectivity index (χ3n) is 4.98. The van der Waals surface area contributed by atoms with E-state index in [-0.39, 0.29) is 21.0 Å². The van der Waals surface area contributed by atoms with E-state index in [2.05, 4.69) is 15.4 Å². The largest absolute Gasteiger partial charge is 0.465 e. The molecule has 10 heteroatoms. The topological polar surface area (TPSA) is 129 Å². The van der Waals surface area contributed by atoms with Gasteiger partial charge in [0.25, 0.3) is 11.8 Å². The maximum absolute atomic E-state index is 13.1. The number of carbonyl (C=O) groups excluding carboxylic acids is 3. The summed E-state index contributed by atoms with van der Waals surface area (Å²) in [5, 5.41) is 7.19. The van der Waals surface area contributed by atoms with Crippen LogP contribution in [-0.2, 0) is 4.74 Å². The third kappa shape index (κ3) is 3.60. The predicted molar refractivity (Wildman–Crippen MR) is 120 cm³/mol. The Balaban J connectivity index is 1.74. The fraction of sp³-hybridized carbons (Fsp3) is 0.136. The Morgan fingerprint density at radius 2 is 1.84 bits per heavy atom. The number of benzene rings is 1. The number of nitrogens with one attached hydrogen (secondary N) is 1. The number of aryl methyl sites for hydroxylation is 1. The first-order valence-electron chi connectivity index (χ1n) is 9.54. The van der Waals surface area contributed by atoms with E-state index < -0.39 is 17.8 Å². The summed E-state index contributed by atoms with van der Waals surface area (Å²) in [6.07, 6.45) is 3.01. The standard InChI is InChI=1S/C22H19N5O4S/c1-11-4-6-13(7-5-11)15-8-9-24-19-14(10-25-27(15)19)20(29)26-21-16(22(30)31-3)12(2)17(32-21)18(23)28/h4-10H,1-3H3,(H2,23,28)(H,26,29). The van der Waals surface area contributed by atoms with Gasteiger partial charge in [-0.25, -0.2) is 14.3 Å². The van der Waals surface area contributed by atoms with Crippen LogP contribution in [-0.4, -0.2) is 39.5 Å². The quantitative estimate of drug-likeness (QED) is 0.450. The Bertz CT molecular complexity index is 1370. The minimum Gasteiger partial charge on any atom is -0.465 e. The molecule has 0 unspecified atom stereocenters. The van der Waals surface area contributed by atoms with Crippen molar-refractivity contribution in [3.63, 3.8) is 0 Å². The number of hydrogen-bond donors (Lipinski definition) is 2. The van der Waals surface area contributed by atoms with Gasteiger partial charge in [0.05, 0.1) is 29.4 Å². The molecule has 1 aromatic carbocycles. The summed E-state index contributed by atoms with van der Waals surface area (Å²) in [6.45, 7) is 3.57. The summed E-state index contributed by atoms with van der Waals surface area (Å²) in [4.78, 5) is 41.5. The number of methoxy groups -OCH3 is 1. The van der Waals surface area contributed by atoms with Gasteiger partial charge in [-0.2, -0.15) is 5.10 Å². The van der Waals surface area contributed by atoms with E-state index in [1.807, 2.05) is 37.3 Å². The number of nitrogens with two attached hydrogens (primary N) is 1. The summed E-state index contributed by atoms with van der Waals surface area (Å²) in [5.41, 5.74) is 9.22. The second-order valence-corrected chi connectivity index (χ2v) is 8.08. The molecule has 0 radical (unpaired) electrons. The Kier molecular flexibility index (Phi) is 5.45. The van der Waals surface area contributed by atoms with Gasteiger partial charge in [-0.05, 0) is 25.5 Å². The van der Waals surface area contributed by atoms with Gasteiger partial charge in [0, 0.05) is 11.8 Å². The molecule has 0 bridgehead atoms. The zero-order valence-electron chi connectivity index (χ0n) is 17.5. The number of amides is 2. The van der Waals surface area contributed by atoms with Crippen molar-refractivity contribution in [3.8, 4) is 11.3 Å². The maximum atomic E-state index is 13.1. The van der Waals surface area contributed by atoms with E-state index >= 15 is 0 Å². The first-order chi connectivity index (χ1) is 15.3. The highest BCUT2D eigenvalue weighted by atomic mass is 32.1. The van der Waals surface area contributed by atoms with Gasteiger partial charge in [0.1, 0.15) is 10.6 Å². The van der Waals surface area contributed by atoms with E-state index in [1.165, 1.54) is 13.3 Å². The van der Waals surface area contributed by atoms with Crippen LogP contribution in [0.25, 0.3) is 16.9 Å². The Morgan fingerprint density at radius 3 is 2.50 bits per heavy atom. The van der Waals surface area contributed by atoms with Gasteiger partial charge >= 0.3 is 5.97 Å². The van der Waals surface area contributed by atoms with Crippen molar-refractivity contribution in [1.29, 1.82) is 0 Å². The zero-order valence-corrected chi connectivity index (χ0v) is 18.3. The highest BCUT2D eigenvalue weighted by Crippen LogP contribution is 2.34. The normalized spacial score (nSPS) is 10.8. The molecule has 32 heavy (non-hydrogen) atoms. The molecule has 0 saturated carbocycles. The van der Waals surface area contributed by atoms with Crippen molar-refractivity contribution >= 4 is 39.8 Å². The van der Waals surface area contributed by atoms with Gasteiger partial charge in [0.2, 0.25) is 0 Å². The molecule has 3 aromatic heterocycles. The number of nitrogens with zero attached hydrogens (tertiary/aromatic N) is 3. The summed E-state index contributed by atoms with van der Waals surface area (Å²) in [5.74, 6) is -1.91. The number of primary amides is 1. The number of rotatable bonds is 5. The Labute approximate surface area is 186 Å². The molecular weight excluding hydrogens is 430 g/mol. The van der Waals surface area contributed by atoms with Crippen molar-refractivity contribution in [2.24, 2.45) is 5.73 Å². The van der Waals surface area contributed by atoms with Crippen LogP contribution in [0.3, 0.4) is 0 Å². The van der Waals surface area contributed by atoms with Gasteiger partial charge in [-0.15, -0.1) is 11.3 Å². The van der Waals surface area contributed by atoms with E-state index in [0.29, 0.717) is 11.2 Å². The summed E-state index contributed by atoms with van der Waals surface area (Å²) >= 11 is 0.915. The number of carbonyl (C=O) groups is 3. The molecule has 0 atom stereocenters. The molecule has 0 spiro atoms. The van der Waals surface area contributed by atoms with E-state index in [1.54, 1.807) is 17.6 Å². The number of hydrogen-bond acceptors (Lipinski definition) is 7. The zero-order chi connectivity index (χ0) is 23.0. The minimum absolute atomic E-state index is 0.0874. The maximum Gasteiger partial charge on any atom is 0.341 e. The first-order valence-corrected chi connectivity index (χ1v) is 10.4. The summed E-state index contributed by atoms with van der Waals surface area (Å²) in [6, 6.07) is 9.72. The fourth-order valence-electron chi connectivity index (χ4n) is 3.35. The van der Waals surface area contributed by atoms with Gasteiger partial charge in [-0.3, -0.25) is 9.59 Å². The number of aromatic nitrogens is 3. The molecule has 9 nitrogen and oxygen atoms in total. The van der Waals surface area contributed by atoms with Gasteiger partial charge < -0.3 is 15.8 Å². The molecule has 3 N–H and O–H groups in total. The average molecular weight is 449 g/mol. The lowest BCUT2D eigenvalue weighted by Gasteiger charge is -2.07. The molecule has 0 aliphatic rings. The number of esters is 1. The van der Waals surface area contributed by atoms with Crippen molar-refractivity contribution in [1.82, 2.24) is 14.6 Å². The number of thiophene rings is 1. The number of fused-ring (bicyclic) bond motifs is 1. The smallest absolute Gasteiger partial charge is 0.341 e. The second-order valence-electron chi connectivity index (χ2n) is 7.06. The summed E-state index contributed by atoms with van der Waals surface area (Å²) < 4.78 is 6.38. The van der Waals surface area contributed by atoms with Crippen LogP contribution in [0.4, 0.5) is 5.00 Å². The van der Waals surface area contributed by atoms with Crippen LogP contribution >= 0.6 is 11.3 Å². The van der Waals surface area contributed by atoms with Crippen LogP contribution in [0.15, 0.2) is 42.7 Å². The molecule has 0 fully saturated rings. The van der Waals surface area contributed by atoms with E-state index in [0.717, 1.165) is 28.2 Å². The van der Waals surface area contributed by atoms with E-state index in [9.17, 15) is 14.4 Å². The fourth-order valence-corrected chi connectivity index (χ4v) is 4.39. The lowest BCUT2D eigenvalue weighted by atomic mass is 10.1. The van der Waals surface area contributed by atoms with Crippen LogP contribution in [0.1, 0.15) is 41.5 Å². The average Bonchev–Trinajstić information content (AvgIpc) is 3.35. The monoisotopic (exact) mass is 449 g/mol. The Morgan fingerprint density at radius 1 is 1.12 bits per heavy atom. The molecule has 2 amide bonds. The number of anilines is 1. The highest BCUT2D eigenvalue weighted by molar-refractivity contribution is 7.18. The van der Waals surface area contributed by atoms with Crippen LogP contribution in [0, 0.1) is 13.8 Å².